The highest BCUT2D eigenvalue weighted by molar-refractivity contribution is 5.10. The van der Waals surface area contributed by atoms with E-state index in [0.717, 1.165) is 17.8 Å². The van der Waals surface area contributed by atoms with Crippen molar-refractivity contribution in [1.29, 1.82) is 0 Å². The monoisotopic (exact) mass is 137 g/mol. The van der Waals surface area contributed by atoms with Crippen LogP contribution in [0.2, 0.25) is 0 Å². The first-order valence-corrected chi connectivity index (χ1v) is 4.55. The second kappa shape index (κ2) is 1.42. The summed E-state index contributed by atoms with van der Waals surface area (Å²) >= 11 is 0. The molecule has 0 radical (unpaired) electrons. The summed E-state index contributed by atoms with van der Waals surface area (Å²) in [6, 6.07) is 0. The molecule has 4 rings (SSSR count). The van der Waals surface area contributed by atoms with E-state index in [2.05, 4.69) is 0 Å². The molecule has 0 aromatic heterocycles. The summed E-state index contributed by atoms with van der Waals surface area (Å²) in [6.07, 6.45) is 7.15. The molecule has 4 bridgehead atoms. The van der Waals surface area contributed by atoms with Gasteiger partial charge in [0.25, 0.3) is 0 Å². The molecule has 56 valence electrons. The molecule has 1 nitrogen and oxygen atoms in total. The fourth-order valence-electron chi connectivity index (χ4n) is 3.86. The molecular weight excluding hydrogens is 122 g/mol. The molecule has 0 aromatic rings. The summed E-state index contributed by atoms with van der Waals surface area (Å²) in [4.78, 5) is 0. The maximum Gasteiger partial charge on any atom is 0.0188 e. The highest BCUT2D eigenvalue weighted by Gasteiger charge is 2.55. The summed E-state index contributed by atoms with van der Waals surface area (Å²) in [5.74, 6) is 2.99. The topological polar surface area (TPSA) is 26.0 Å². The van der Waals surface area contributed by atoms with E-state index in [0.29, 0.717) is 5.54 Å². The molecule has 4 aliphatic carbocycles. The van der Waals surface area contributed by atoms with Gasteiger partial charge in [-0.05, 0) is 49.9 Å². The van der Waals surface area contributed by atoms with Gasteiger partial charge in [0, 0.05) is 5.54 Å². The second-order valence-electron chi connectivity index (χ2n) is 4.78. The van der Waals surface area contributed by atoms with Crippen LogP contribution in [0.25, 0.3) is 0 Å². The second-order valence-corrected chi connectivity index (χ2v) is 4.78. The first-order chi connectivity index (χ1) is 4.76. The van der Waals surface area contributed by atoms with Gasteiger partial charge in [-0.3, -0.25) is 0 Å². The van der Waals surface area contributed by atoms with Crippen molar-refractivity contribution in [2.45, 2.75) is 37.6 Å². The normalized spacial score (nSPS) is 63.9. The molecule has 2 N–H and O–H groups in total. The quantitative estimate of drug-likeness (QED) is 0.538. The fourth-order valence-corrected chi connectivity index (χ4v) is 3.86. The highest BCUT2D eigenvalue weighted by atomic mass is 14.8. The first-order valence-electron chi connectivity index (χ1n) is 4.55. The number of rotatable bonds is 0. The fraction of sp³-hybridized carbons (Fsp3) is 1.00. The molecule has 0 aliphatic heterocycles. The Bertz CT molecular complexity index is 162. The van der Waals surface area contributed by atoms with E-state index in [-0.39, 0.29) is 0 Å². The summed E-state index contributed by atoms with van der Waals surface area (Å²) in [5, 5.41) is 0. The van der Waals surface area contributed by atoms with Gasteiger partial charge in [0.15, 0.2) is 0 Å². The summed E-state index contributed by atoms with van der Waals surface area (Å²) in [6.45, 7) is 0. The van der Waals surface area contributed by atoms with Gasteiger partial charge >= 0.3 is 0 Å². The van der Waals surface area contributed by atoms with Crippen LogP contribution in [0.3, 0.4) is 0 Å². The number of hydrogen-bond donors (Lipinski definition) is 1. The van der Waals surface area contributed by atoms with Crippen molar-refractivity contribution < 1.29 is 0 Å². The van der Waals surface area contributed by atoms with Crippen LogP contribution >= 0.6 is 0 Å². The van der Waals surface area contributed by atoms with Gasteiger partial charge in [-0.2, -0.15) is 0 Å². The van der Waals surface area contributed by atoms with Gasteiger partial charge < -0.3 is 5.73 Å². The Morgan fingerprint density at radius 3 is 2.00 bits per heavy atom. The van der Waals surface area contributed by atoms with Gasteiger partial charge in [0.05, 0.1) is 0 Å². The smallest absolute Gasteiger partial charge is 0.0188 e. The molecule has 4 fully saturated rings. The van der Waals surface area contributed by atoms with Crippen LogP contribution in [0, 0.1) is 17.8 Å². The van der Waals surface area contributed by atoms with Crippen molar-refractivity contribution in [3.63, 3.8) is 0 Å². The van der Waals surface area contributed by atoms with Crippen LogP contribution in [-0.2, 0) is 0 Å². The van der Waals surface area contributed by atoms with Crippen LogP contribution < -0.4 is 5.73 Å². The van der Waals surface area contributed by atoms with Gasteiger partial charge in [-0.25, -0.2) is 0 Å². The van der Waals surface area contributed by atoms with Crippen molar-refractivity contribution >= 4 is 0 Å². The molecule has 10 heavy (non-hydrogen) atoms. The van der Waals surface area contributed by atoms with E-state index in [1.807, 2.05) is 0 Å². The largest absolute Gasteiger partial charge is 0.325 e. The number of nitrogens with two attached hydrogens (primary N) is 1. The van der Waals surface area contributed by atoms with E-state index in [1.165, 1.54) is 32.1 Å². The standard InChI is InChI=1S/C9H15N/c10-9-4-6-1-7(5-9)3-8(9)2-6/h6-8H,1-5,10H2/t6-,7-,8?,9?/m0/s1. The molecule has 4 saturated carbocycles. The highest BCUT2D eigenvalue weighted by Crippen LogP contribution is 2.58. The van der Waals surface area contributed by atoms with Crippen LogP contribution in [0.5, 0.6) is 0 Å². The molecular formula is C9H15N. The zero-order chi connectivity index (χ0) is 6.77. The van der Waals surface area contributed by atoms with E-state index in [1.54, 1.807) is 0 Å². The first kappa shape index (κ1) is 5.59. The van der Waals surface area contributed by atoms with Gasteiger partial charge in [-0.1, -0.05) is 0 Å². The maximum atomic E-state index is 6.29. The average Bonchev–Trinajstić information content (AvgIpc) is 2.14. The van der Waals surface area contributed by atoms with Crippen LogP contribution in [0.1, 0.15) is 32.1 Å². The molecule has 0 spiro atoms. The predicted octanol–water partition coefficient (Wildman–Crippen LogP) is 1.52. The summed E-state index contributed by atoms with van der Waals surface area (Å²) < 4.78 is 0. The molecule has 1 heteroatoms. The van der Waals surface area contributed by atoms with Gasteiger partial charge in [0.2, 0.25) is 0 Å². The minimum atomic E-state index is 0.327. The minimum Gasteiger partial charge on any atom is -0.325 e. The lowest BCUT2D eigenvalue weighted by Gasteiger charge is -2.28. The van der Waals surface area contributed by atoms with E-state index in [4.69, 9.17) is 5.73 Å². The average molecular weight is 137 g/mol. The van der Waals surface area contributed by atoms with E-state index >= 15 is 0 Å². The lowest BCUT2D eigenvalue weighted by molar-refractivity contribution is 0.268. The Kier molecular flexibility index (Phi) is 0.797. The Balaban J connectivity index is 2.04. The zero-order valence-electron chi connectivity index (χ0n) is 6.34. The molecule has 2 atom stereocenters. The van der Waals surface area contributed by atoms with Crippen LogP contribution in [0.15, 0.2) is 0 Å². The Morgan fingerprint density at radius 1 is 1.00 bits per heavy atom. The lowest BCUT2D eigenvalue weighted by atomic mass is 9.81. The van der Waals surface area contributed by atoms with Crippen LogP contribution in [0.4, 0.5) is 0 Å². The van der Waals surface area contributed by atoms with Crippen molar-refractivity contribution in [3.8, 4) is 0 Å². The third-order valence-corrected chi connectivity index (χ3v) is 4.05. The van der Waals surface area contributed by atoms with Gasteiger partial charge in [0.1, 0.15) is 0 Å². The Hall–Kier alpha value is -0.0400. The molecule has 0 aromatic carbocycles. The van der Waals surface area contributed by atoms with Crippen molar-refractivity contribution in [1.82, 2.24) is 0 Å². The third kappa shape index (κ3) is 0.493. The number of hydrogen-bond acceptors (Lipinski definition) is 1. The van der Waals surface area contributed by atoms with Crippen LogP contribution in [-0.4, -0.2) is 5.54 Å². The van der Waals surface area contributed by atoms with E-state index in [9.17, 15) is 0 Å². The SMILES string of the molecule is NC12C[C@@H]3CC1C[C@H](C3)C2. The Labute approximate surface area is 62.0 Å². The summed E-state index contributed by atoms with van der Waals surface area (Å²) in [7, 11) is 0. The van der Waals surface area contributed by atoms with Crippen molar-refractivity contribution in [2.24, 2.45) is 23.5 Å². The van der Waals surface area contributed by atoms with Crippen molar-refractivity contribution in [2.75, 3.05) is 0 Å². The molecule has 0 amide bonds. The zero-order valence-corrected chi connectivity index (χ0v) is 6.34. The van der Waals surface area contributed by atoms with E-state index < -0.39 is 0 Å². The lowest BCUT2D eigenvalue weighted by Crippen LogP contribution is -2.40. The summed E-state index contributed by atoms with van der Waals surface area (Å²) in [5.41, 5.74) is 6.61. The van der Waals surface area contributed by atoms with Gasteiger partial charge in [-0.15, -0.1) is 0 Å². The molecule has 0 saturated heterocycles. The molecule has 0 heterocycles. The molecule has 4 aliphatic rings. The molecule has 0 unspecified atom stereocenters. The minimum absolute atomic E-state index is 0.327. The maximum absolute atomic E-state index is 6.29. The third-order valence-electron chi connectivity index (χ3n) is 4.05. The Morgan fingerprint density at radius 2 is 1.60 bits per heavy atom. The predicted molar refractivity (Wildman–Crippen MR) is 40.5 cm³/mol. The van der Waals surface area contributed by atoms with Crippen molar-refractivity contribution in [3.05, 3.63) is 0 Å².